The summed E-state index contributed by atoms with van der Waals surface area (Å²) in [6.45, 7) is 0. The maximum atomic E-state index is 11.2. The molecule has 7 heteroatoms. The molecule has 2 fully saturated rings. The fourth-order valence-electron chi connectivity index (χ4n) is 1.63. The Morgan fingerprint density at radius 1 is 1.57 bits per heavy atom. The van der Waals surface area contributed by atoms with E-state index in [-0.39, 0.29) is 11.1 Å². The van der Waals surface area contributed by atoms with Crippen LogP contribution in [0.1, 0.15) is 0 Å². The molecule has 0 bridgehead atoms. The van der Waals surface area contributed by atoms with Gasteiger partial charge in [0.2, 0.25) is 5.91 Å². The smallest absolute Gasteiger partial charge is 0.334 e. The molecule has 14 heavy (non-hydrogen) atoms. The third-order valence-electron chi connectivity index (χ3n) is 2.33. The van der Waals surface area contributed by atoms with E-state index >= 15 is 0 Å². The van der Waals surface area contributed by atoms with Gasteiger partial charge in [-0.05, 0) is 0 Å². The number of hydrogen-bond acceptors (Lipinski definition) is 5. The number of ketones is 1. The first-order chi connectivity index (χ1) is 6.54. The lowest BCUT2D eigenvalue weighted by atomic mass is 10.0. The number of thioether (sulfide) groups is 1. The summed E-state index contributed by atoms with van der Waals surface area (Å²) in [6, 6.07) is -1.98. The molecule has 2 heterocycles. The largest absolute Gasteiger partial charge is 0.479 e. The van der Waals surface area contributed by atoms with Crippen molar-refractivity contribution in [3.05, 3.63) is 0 Å². The molecule has 0 aromatic heterocycles. The topological polar surface area (TPSA) is 101 Å². The molecule has 2 rings (SSSR count). The number of carboxylic acids is 1. The number of Topliss-reactive ketones (excluding diaryl/α,β-unsaturated/α-hetero) is 1. The minimum atomic E-state index is -1.33. The molecular weight excluding hydrogens is 208 g/mol. The Morgan fingerprint density at radius 3 is 2.79 bits per heavy atom. The number of rotatable bonds is 1. The first-order valence-corrected chi connectivity index (χ1v) is 5.04. The Hall–Kier alpha value is -1.08. The zero-order valence-corrected chi connectivity index (χ0v) is 7.86. The van der Waals surface area contributed by atoms with Crippen molar-refractivity contribution in [3.8, 4) is 0 Å². The van der Waals surface area contributed by atoms with Crippen LogP contribution < -0.4 is 5.73 Å². The highest BCUT2D eigenvalue weighted by molar-refractivity contribution is 8.00. The van der Waals surface area contributed by atoms with Crippen LogP contribution in [-0.2, 0) is 14.4 Å². The molecule has 0 radical (unpaired) electrons. The zero-order valence-electron chi connectivity index (χ0n) is 7.04. The van der Waals surface area contributed by atoms with Gasteiger partial charge in [0.1, 0.15) is 11.4 Å². The van der Waals surface area contributed by atoms with Crippen LogP contribution in [0.4, 0.5) is 0 Å². The van der Waals surface area contributed by atoms with E-state index in [0.29, 0.717) is 0 Å². The summed E-state index contributed by atoms with van der Waals surface area (Å²) in [6.07, 6.45) is 0. The van der Waals surface area contributed by atoms with Crippen LogP contribution in [0.5, 0.6) is 0 Å². The van der Waals surface area contributed by atoms with Crippen LogP contribution in [0.2, 0.25) is 0 Å². The molecular formula is C7H8N2O4S. The Kier molecular flexibility index (Phi) is 2.00. The van der Waals surface area contributed by atoms with Crippen molar-refractivity contribution in [2.24, 2.45) is 5.73 Å². The van der Waals surface area contributed by atoms with E-state index in [1.807, 2.05) is 0 Å². The van der Waals surface area contributed by atoms with Crippen LogP contribution >= 0.6 is 11.8 Å². The summed E-state index contributed by atoms with van der Waals surface area (Å²) in [7, 11) is 0. The Bertz CT molecular complexity index is 332. The lowest BCUT2D eigenvalue weighted by Crippen LogP contribution is -2.74. The molecule has 0 saturated carbocycles. The van der Waals surface area contributed by atoms with Crippen molar-refractivity contribution in [2.75, 3.05) is 5.75 Å². The van der Waals surface area contributed by atoms with Crippen LogP contribution in [0.25, 0.3) is 0 Å². The summed E-state index contributed by atoms with van der Waals surface area (Å²) in [5.41, 5.74) is 5.47. The highest BCUT2D eigenvalue weighted by Crippen LogP contribution is 2.35. The molecule has 1 unspecified atom stereocenters. The van der Waals surface area contributed by atoms with Crippen LogP contribution in [-0.4, -0.2) is 50.9 Å². The van der Waals surface area contributed by atoms with Crippen LogP contribution in [0.3, 0.4) is 0 Å². The summed E-state index contributed by atoms with van der Waals surface area (Å²) < 4.78 is 0. The van der Waals surface area contributed by atoms with Gasteiger partial charge in [0.15, 0.2) is 11.8 Å². The number of nitrogens with two attached hydrogens (primary N) is 1. The average molecular weight is 216 g/mol. The predicted molar refractivity (Wildman–Crippen MR) is 47.5 cm³/mol. The molecule has 2 aliphatic heterocycles. The van der Waals surface area contributed by atoms with Crippen molar-refractivity contribution in [1.82, 2.24) is 4.90 Å². The van der Waals surface area contributed by atoms with E-state index in [4.69, 9.17) is 10.8 Å². The van der Waals surface area contributed by atoms with Crippen LogP contribution in [0.15, 0.2) is 0 Å². The summed E-state index contributed by atoms with van der Waals surface area (Å²) in [5, 5.41) is 8.42. The number of hydrogen-bond donors (Lipinski definition) is 2. The molecule has 2 saturated heterocycles. The first-order valence-electron chi connectivity index (χ1n) is 3.99. The maximum Gasteiger partial charge on any atom is 0.334 e. The molecule has 3 N–H and O–H groups in total. The number of fused-ring (bicyclic) bond motifs is 1. The Labute approximate surface area is 83.4 Å². The van der Waals surface area contributed by atoms with Crippen molar-refractivity contribution in [1.29, 1.82) is 0 Å². The first kappa shape index (κ1) is 9.47. The van der Waals surface area contributed by atoms with E-state index in [1.165, 1.54) is 11.8 Å². The average Bonchev–Trinajstić information content (AvgIpc) is 2.15. The lowest BCUT2D eigenvalue weighted by molar-refractivity contribution is -0.163. The summed E-state index contributed by atoms with van der Waals surface area (Å²) in [5.74, 6) is -2.07. The van der Waals surface area contributed by atoms with Gasteiger partial charge in [0, 0.05) is 0 Å². The second kappa shape index (κ2) is 2.96. The second-order valence-corrected chi connectivity index (χ2v) is 4.28. The Morgan fingerprint density at radius 2 is 2.21 bits per heavy atom. The molecule has 0 spiro atoms. The summed E-state index contributed by atoms with van der Waals surface area (Å²) in [4.78, 5) is 34.3. The number of carbonyl (C=O) groups is 3. The number of amides is 1. The molecule has 1 amide bonds. The predicted octanol–water partition coefficient (Wildman–Crippen LogP) is -1.75. The number of carbonyl (C=O) groups excluding carboxylic acids is 2. The fourth-order valence-corrected chi connectivity index (χ4v) is 2.83. The quantitative estimate of drug-likeness (QED) is 0.398. The fraction of sp³-hybridized carbons (Fsp3) is 0.571. The van der Waals surface area contributed by atoms with Gasteiger partial charge < -0.3 is 15.7 Å². The molecule has 0 aliphatic carbocycles. The van der Waals surface area contributed by atoms with E-state index < -0.39 is 29.7 Å². The van der Waals surface area contributed by atoms with E-state index in [0.717, 1.165) is 4.90 Å². The third-order valence-corrected chi connectivity index (χ3v) is 3.65. The van der Waals surface area contributed by atoms with Crippen LogP contribution in [0, 0.1) is 0 Å². The molecule has 3 atom stereocenters. The number of aliphatic carboxylic acids is 1. The highest BCUT2D eigenvalue weighted by atomic mass is 32.2. The normalized spacial score (nSPS) is 36.4. The van der Waals surface area contributed by atoms with Gasteiger partial charge >= 0.3 is 5.97 Å². The van der Waals surface area contributed by atoms with Gasteiger partial charge in [0.05, 0.1) is 5.75 Å². The van der Waals surface area contributed by atoms with E-state index in [1.54, 1.807) is 0 Å². The highest BCUT2D eigenvalue weighted by Gasteiger charge is 2.55. The van der Waals surface area contributed by atoms with Gasteiger partial charge in [-0.15, -0.1) is 11.8 Å². The molecule has 2 aliphatic rings. The number of β-lactam (4-membered cyclic amide) rings is 1. The second-order valence-electron chi connectivity index (χ2n) is 3.18. The van der Waals surface area contributed by atoms with Gasteiger partial charge in [-0.3, -0.25) is 9.59 Å². The number of nitrogens with zero attached hydrogens (tertiary/aromatic N) is 1. The molecule has 0 aromatic carbocycles. The third kappa shape index (κ3) is 1.05. The lowest BCUT2D eigenvalue weighted by Gasteiger charge is -2.49. The van der Waals surface area contributed by atoms with Gasteiger partial charge in [-0.1, -0.05) is 0 Å². The maximum absolute atomic E-state index is 11.2. The van der Waals surface area contributed by atoms with Crippen molar-refractivity contribution >= 4 is 29.4 Å². The van der Waals surface area contributed by atoms with Gasteiger partial charge in [0.25, 0.3) is 0 Å². The molecule has 6 nitrogen and oxygen atoms in total. The summed E-state index contributed by atoms with van der Waals surface area (Å²) >= 11 is 1.22. The van der Waals surface area contributed by atoms with Crippen molar-refractivity contribution in [2.45, 2.75) is 17.5 Å². The SMILES string of the molecule is N[C@@H]1C(=O)N2C(C(=O)O)C(=O)CS[C@H]12. The molecule has 0 aromatic rings. The van der Waals surface area contributed by atoms with Crippen molar-refractivity contribution < 1.29 is 19.5 Å². The van der Waals surface area contributed by atoms with Gasteiger partial charge in [-0.25, -0.2) is 4.79 Å². The Balaban J connectivity index is 2.26. The number of carboxylic acid groups (broad SMARTS) is 1. The zero-order chi connectivity index (χ0) is 10.5. The molecule has 76 valence electrons. The minimum absolute atomic E-state index is 0.110. The monoisotopic (exact) mass is 216 g/mol. The standard InChI is InChI=1S/C7H8N2O4S/c8-3-5(11)9-4(7(12)13)2(10)1-14-6(3)9/h3-4,6H,1,8H2,(H,12,13)/t3-,4?,6-/m1/s1. The van der Waals surface area contributed by atoms with Gasteiger partial charge in [-0.2, -0.15) is 0 Å². The van der Waals surface area contributed by atoms with Crippen molar-refractivity contribution in [3.63, 3.8) is 0 Å². The van der Waals surface area contributed by atoms with E-state index in [9.17, 15) is 14.4 Å². The minimum Gasteiger partial charge on any atom is -0.479 e. The van der Waals surface area contributed by atoms with E-state index in [2.05, 4.69) is 0 Å².